The van der Waals surface area contributed by atoms with Crippen LogP contribution in [0, 0.1) is 0 Å². The van der Waals surface area contributed by atoms with Crippen molar-refractivity contribution in [1.82, 2.24) is 10.6 Å². The van der Waals surface area contributed by atoms with Gasteiger partial charge in [-0.15, -0.1) is 0 Å². The fourth-order valence-electron chi connectivity index (χ4n) is 4.24. The van der Waals surface area contributed by atoms with Gasteiger partial charge in [0.05, 0.1) is 6.42 Å². The van der Waals surface area contributed by atoms with Gasteiger partial charge >= 0.3 is 12.1 Å². The number of rotatable bonds is 10. The zero-order valence-electron chi connectivity index (χ0n) is 18.5. The van der Waals surface area contributed by atoms with Crippen LogP contribution in [0.3, 0.4) is 0 Å². The van der Waals surface area contributed by atoms with Crippen LogP contribution in [0.5, 0.6) is 0 Å². The van der Waals surface area contributed by atoms with E-state index in [9.17, 15) is 14.4 Å². The molecule has 2 aromatic carbocycles. The molecule has 0 radical (unpaired) electrons. The van der Waals surface area contributed by atoms with Crippen molar-refractivity contribution in [2.24, 2.45) is 0 Å². The molecule has 3 N–H and O–H groups in total. The lowest BCUT2D eigenvalue weighted by atomic mass is 9.98. The molecule has 1 aliphatic carbocycles. The highest BCUT2D eigenvalue weighted by atomic mass is 16.5. The number of carbonyl (C=O) groups excluding carboxylic acids is 2. The molecule has 7 nitrogen and oxygen atoms in total. The second kappa shape index (κ2) is 10.8. The number of alkyl carbamates (subject to hydrolysis) is 1. The molecule has 1 aliphatic rings. The first-order chi connectivity index (χ1) is 15.4. The molecule has 2 atom stereocenters. The van der Waals surface area contributed by atoms with Crippen molar-refractivity contribution in [3.63, 3.8) is 0 Å². The minimum Gasteiger partial charge on any atom is -0.481 e. The summed E-state index contributed by atoms with van der Waals surface area (Å²) in [6.07, 6.45) is 0.707. The fourth-order valence-corrected chi connectivity index (χ4v) is 4.24. The highest BCUT2D eigenvalue weighted by Crippen LogP contribution is 2.44. The Kier molecular flexibility index (Phi) is 7.87. The third-order valence-corrected chi connectivity index (χ3v) is 5.62. The Morgan fingerprint density at radius 3 is 2.12 bits per heavy atom. The maximum atomic E-state index is 12.3. The number of benzene rings is 2. The van der Waals surface area contributed by atoms with Gasteiger partial charge in [-0.3, -0.25) is 9.59 Å². The first-order valence-corrected chi connectivity index (χ1v) is 11.0. The minimum absolute atomic E-state index is 0.0300. The lowest BCUT2D eigenvalue weighted by Crippen LogP contribution is -2.41. The molecule has 7 heteroatoms. The van der Waals surface area contributed by atoms with Crippen molar-refractivity contribution in [3.8, 4) is 11.1 Å². The van der Waals surface area contributed by atoms with Crippen LogP contribution in [-0.4, -0.2) is 41.8 Å². The maximum Gasteiger partial charge on any atom is 0.407 e. The smallest absolute Gasteiger partial charge is 0.407 e. The standard InChI is InChI=1S/C25H30N2O5/c1-3-8-17(14-24(29)30)27-23(28)13-16(2)26-25(31)32-15-22-20-11-6-4-9-18(20)19-10-5-7-12-21(19)22/h4-7,9-12,16-17,22H,3,8,13-15H2,1-2H3,(H,26,31)(H,27,28)(H,29,30)/t16-,17+/m0/s1. The molecule has 0 heterocycles. The van der Waals surface area contributed by atoms with Gasteiger partial charge in [0.1, 0.15) is 6.61 Å². The summed E-state index contributed by atoms with van der Waals surface area (Å²) in [6.45, 7) is 3.85. The van der Waals surface area contributed by atoms with E-state index < -0.39 is 24.1 Å². The van der Waals surface area contributed by atoms with Crippen LogP contribution in [0.1, 0.15) is 56.6 Å². The molecule has 0 fully saturated rings. The molecular formula is C25H30N2O5. The third-order valence-electron chi connectivity index (χ3n) is 5.62. The molecule has 170 valence electrons. The number of aliphatic carboxylic acids is 1. The first-order valence-electron chi connectivity index (χ1n) is 11.0. The second-order valence-corrected chi connectivity index (χ2v) is 8.23. The van der Waals surface area contributed by atoms with Crippen molar-refractivity contribution in [2.75, 3.05) is 6.61 Å². The zero-order valence-corrected chi connectivity index (χ0v) is 18.5. The lowest BCUT2D eigenvalue weighted by molar-refractivity contribution is -0.137. The summed E-state index contributed by atoms with van der Waals surface area (Å²) in [4.78, 5) is 35.5. The van der Waals surface area contributed by atoms with Gasteiger partial charge in [-0.05, 0) is 35.6 Å². The summed E-state index contributed by atoms with van der Waals surface area (Å²) in [5, 5.41) is 14.4. The monoisotopic (exact) mass is 438 g/mol. The van der Waals surface area contributed by atoms with Crippen molar-refractivity contribution in [3.05, 3.63) is 59.7 Å². The van der Waals surface area contributed by atoms with E-state index >= 15 is 0 Å². The van der Waals surface area contributed by atoms with Gasteiger partial charge in [0.2, 0.25) is 5.91 Å². The summed E-state index contributed by atoms with van der Waals surface area (Å²) in [5.41, 5.74) is 4.58. The van der Waals surface area contributed by atoms with Gasteiger partial charge in [0.25, 0.3) is 0 Å². The van der Waals surface area contributed by atoms with Gasteiger partial charge < -0.3 is 20.5 Å². The molecule has 32 heavy (non-hydrogen) atoms. The number of carboxylic acids is 1. The van der Waals surface area contributed by atoms with E-state index in [0.717, 1.165) is 28.7 Å². The quantitative estimate of drug-likeness (QED) is 0.519. The van der Waals surface area contributed by atoms with Gasteiger partial charge in [-0.1, -0.05) is 61.9 Å². The van der Waals surface area contributed by atoms with E-state index in [-0.39, 0.29) is 31.3 Å². The molecule has 0 saturated carbocycles. The summed E-state index contributed by atoms with van der Waals surface area (Å²) in [5.74, 6) is -1.28. The maximum absolute atomic E-state index is 12.3. The topological polar surface area (TPSA) is 105 Å². The predicted octanol–water partition coefficient (Wildman–Crippen LogP) is 4.06. The average Bonchev–Trinajstić information content (AvgIpc) is 3.05. The van der Waals surface area contributed by atoms with E-state index in [1.807, 2.05) is 31.2 Å². The van der Waals surface area contributed by atoms with Crippen LogP contribution >= 0.6 is 0 Å². The Bertz CT molecular complexity index is 929. The molecule has 3 rings (SSSR count). The normalized spacial score (nSPS) is 14.1. The molecule has 0 unspecified atom stereocenters. The highest BCUT2D eigenvalue weighted by Gasteiger charge is 2.29. The Labute approximate surface area is 188 Å². The second-order valence-electron chi connectivity index (χ2n) is 8.23. The van der Waals surface area contributed by atoms with Crippen LogP contribution in [0.15, 0.2) is 48.5 Å². The Hall–Kier alpha value is -3.35. The van der Waals surface area contributed by atoms with E-state index in [2.05, 4.69) is 34.9 Å². The van der Waals surface area contributed by atoms with Crippen LogP contribution < -0.4 is 10.6 Å². The average molecular weight is 439 g/mol. The van der Waals surface area contributed by atoms with E-state index in [4.69, 9.17) is 9.84 Å². The van der Waals surface area contributed by atoms with Gasteiger partial charge in [-0.2, -0.15) is 0 Å². The number of amides is 2. The van der Waals surface area contributed by atoms with Crippen LogP contribution in [0.25, 0.3) is 11.1 Å². The number of carbonyl (C=O) groups is 3. The molecule has 2 amide bonds. The van der Waals surface area contributed by atoms with Crippen LogP contribution in [0.4, 0.5) is 4.79 Å². The SMILES string of the molecule is CCC[C@H](CC(=O)O)NC(=O)C[C@H](C)NC(=O)OCC1c2ccccc2-c2ccccc21. The molecule has 0 bridgehead atoms. The summed E-state index contributed by atoms with van der Waals surface area (Å²) < 4.78 is 5.50. The molecule has 0 aromatic heterocycles. The number of carboxylic acid groups (broad SMARTS) is 1. The van der Waals surface area contributed by atoms with Crippen LogP contribution in [-0.2, 0) is 14.3 Å². The molecular weight excluding hydrogens is 408 g/mol. The Morgan fingerprint density at radius 1 is 0.969 bits per heavy atom. The van der Waals surface area contributed by atoms with E-state index in [0.29, 0.717) is 6.42 Å². The Morgan fingerprint density at radius 2 is 1.56 bits per heavy atom. The van der Waals surface area contributed by atoms with Gasteiger partial charge in [0, 0.05) is 24.4 Å². The molecule has 2 aromatic rings. The number of fused-ring (bicyclic) bond motifs is 3. The lowest BCUT2D eigenvalue weighted by Gasteiger charge is -2.19. The van der Waals surface area contributed by atoms with Crippen LogP contribution in [0.2, 0.25) is 0 Å². The molecule has 0 spiro atoms. The van der Waals surface area contributed by atoms with Gasteiger partial charge in [0.15, 0.2) is 0 Å². The van der Waals surface area contributed by atoms with Crippen molar-refractivity contribution in [2.45, 2.75) is 57.5 Å². The predicted molar refractivity (Wildman–Crippen MR) is 121 cm³/mol. The number of ether oxygens (including phenoxy) is 1. The zero-order chi connectivity index (χ0) is 23.1. The summed E-state index contributed by atoms with van der Waals surface area (Å²) in [7, 11) is 0. The number of nitrogens with one attached hydrogen (secondary N) is 2. The van der Waals surface area contributed by atoms with Gasteiger partial charge in [-0.25, -0.2) is 4.79 Å². The molecule has 0 saturated heterocycles. The largest absolute Gasteiger partial charge is 0.481 e. The van der Waals surface area contributed by atoms with Crippen molar-refractivity contribution >= 4 is 18.0 Å². The highest BCUT2D eigenvalue weighted by molar-refractivity contribution is 5.80. The number of hydrogen-bond acceptors (Lipinski definition) is 4. The molecule has 0 aliphatic heterocycles. The fraction of sp³-hybridized carbons (Fsp3) is 0.400. The van der Waals surface area contributed by atoms with Crippen molar-refractivity contribution < 1.29 is 24.2 Å². The van der Waals surface area contributed by atoms with E-state index in [1.165, 1.54) is 0 Å². The summed E-state index contributed by atoms with van der Waals surface area (Å²) in [6, 6.07) is 15.4. The minimum atomic E-state index is -0.950. The van der Waals surface area contributed by atoms with Crippen molar-refractivity contribution in [1.29, 1.82) is 0 Å². The Balaban J connectivity index is 1.51. The first kappa shape index (κ1) is 23.3. The summed E-state index contributed by atoms with van der Waals surface area (Å²) >= 11 is 0. The third kappa shape index (κ3) is 5.87. The van der Waals surface area contributed by atoms with E-state index in [1.54, 1.807) is 6.92 Å². The number of hydrogen-bond donors (Lipinski definition) is 3.